The lowest BCUT2D eigenvalue weighted by Crippen LogP contribution is -2.56. The first kappa shape index (κ1) is 29.5. The third-order valence-electron chi connectivity index (χ3n) is 6.65. The van der Waals surface area contributed by atoms with Gasteiger partial charge in [0.15, 0.2) is 0 Å². The Bertz CT molecular complexity index is 913. The highest BCUT2D eigenvalue weighted by molar-refractivity contribution is 5.93. The molecule has 0 spiro atoms. The Balaban J connectivity index is 2.50. The van der Waals surface area contributed by atoms with Crippen molar-refractivity contribution in [3.05, 3.63) is 29.8 Å². The molecule has 0 aliphatic heterocycles. The molecule has 3 amide bonds. The van der Waals surface area contributed by atoms with Crippen LogP contribution >= 0.6 is 0 Å². The number of phenolic OH excluding ortho intramolecular Hbond substituents is 1. The van der Waals surface area contributed by atoms with Crippen LogP contribution in [0.1, 0.15) is 92.7 Å². The van der Waals surface area contributed by atoms with Crippen LogP contribution < -0.4 is 10.6 Å². The number of carbonyl (C=O) groups excluding carboxylic acids is 3. The Morgan fingerprint density at radius 2 is 1.81 bits per heavy atom. The first-order valence-corrected chi connectivity index (χ1v) is 13.2. The number of hydrogen-bond acceptors (Lipinski definition) is 5. The highest BCUT2D eigenvalue weighted by Gasteiger charge is 2.49. The lowest BCUT2D eigenvalue weighted by Gasteiger charge is -2.37. The number of nitrogens with zero attached hydrogens (tertiary/aromatic N) is 1. The van der Waals surface area contributed by atoms with E-state index in [4.69, 9.17) is 4.74 Å². The molecule has 1 aliphatic carbocycles. The summed E-state index contributed by atoms with van der Waals surface area (Å²) in [6.07, 6.45) is 2.47. The molecule has 1 aromatic carbocycles. The number of carbonyl (C=O) groups is 3. The minimum absolute atomic E-state index is 0.0218. The number of alkyl carbamates (subject to hydrolysis) is 1. The number of hydrogen-bond donors (Lipinski definition) is 3. The number of aromatic hydroxyl groups is 1. The largest absolute Gasteiger partial charge is 0.508 e. The van der Waals surface area contributed by atoms with E-state index in [1.54, 1.807) is 37.8 Å². The topological polar surface area (TPSA) is 108 Å². The predicted octanol–water partition coefficient (Wildman–Crippen LogP) is 4.91. The van der Waals surface area contributed by atoms with E-state index in [2.05, 4.69) is 17.6 Å². The normalized spacial score (nSPS) is 20.4. The first-order valence-electron chi connectivity index (χ1n) is 13.2. The Labute approximate surface area is 216 Å². The van der Waals surface area contributed by atoms with Crippen molar-refractivity contribution in [1.82, 2.24) is 15.5 Å². The van der Waals surface area contributed by atoms with E-state index < -0.39 is 23.8 Å². The van der Waals surface area contributed by atoms with Crippen LogP contribution in [0.4, 0.5) is 4.79 Å². The quantitative estimate of drug-likeness (QED) is 0.397. The number of ether oxygens (including phenoxy) is 1. The van der Waals surface area contributed by atoms with Gasteiger partial charge in [0.2, 0.25) is 11.8 Å². The lowest BCUT2D eigenvalue weighted by molar-refractivity contribution is -0.144. The second-order valence-corrected chi connectivity index (χ2v) is 11.2. The zero-order chi connectivity index (χ0) is 27.2. The van der Waals surface area contributed by atoms with Crippen LogP contribution in [-0.2, 0) is 14.3 Å². The van der Waals surface area contributed by atoms with Gasteiger partial charge in [-0.05, 0) is 70.1 Å². The SMILES string of the molecule is CCCC(C)NC(=O)C(c1cccc(O)c1)N(C(=O)C(NC(=O)OC(C)(C)C)C(C)CC)C1CC1C. The van der Waals surface area contributed by atoms with E-state index in [1.807, 2.05) is 27.7 Å². The molecule has 0 radical (unpaired) electrons. The number of benzene rings is 1. The molecule has 202 valence electrons. The van der Waals surface area contributed by atoms with Crippen molar-refractivity contribution in [2.45, 2.75) is 111 Å². The fourth-order valence-electron chi connectivity index (χ4n) is 4.41. The molecule has 1 saturated carbocycles. The number of phenols is 1. The van der Waals surface area contributed by atoms with Crippen LogP contribution in [0.3, 0.4) is 0 Å². The van der Waals surface area contributed by atoms with E-state index in [9.17, 15) is 19.5 Å². The maximum atomic E-state index is 14.2. The van der Waals surface area contributed by atoms with Gasteiger partial charge in [0.25, 0.3) is 0 Å². The predicted molar refractivity (Wildman–Crippen MR) is 140 cm³/mol. The minimum atomic E-state index is -0.939. The Hall–Kier alpha value is -2.77. The van der Waals surface area contributed by atoms with Crippen molar-refractivity contribution in [3.63, 3.8) is 0 Å². The summed E-state index contributed by atoms with van der Waals surface area (Å²) in [4.78, 5) is 42.2. The molecule has 0 bridgehead atoms. The highest BCUT2D eigenvalue weighted by Crippen LogP contribution is 2.41. The molecule has 1 fully saturated rings. The van der Waals surface area contributed by atoms with Gasteiger partial charge < -0.3 is 25.4 Å². The summed E-state index contributed by atoms with van der Waals surface area (Å²) >= 11 is 0. The summed E-state index contributed by atoms with van der Waals surface area (Å²) in [5, 5.41) is 16.0. The maximum Gasteiger partial charge on any atom is 0.408 e. The summed E-state index contributed by atoms with van der Waals surface area (Å²) in [7, 11) is 0. The van der Waals surface area contributed by atoms with Gasteiger partial charge in [0.05, 0.1) is 0 Å². The van der Waals surface area contributed by atoms with Crippen molar-refractivity contribution < 1.29 is 24.2 Å². The van der Waals surface area contributed by atoms with Crippen LogP contribution in [0.2, 0.25) is 0 Å². The standard InChI is InChI=1S/C28H45N3O5/c1-9-12-19(5)29-25(33)24(20-13-11-14-21(32)16-20)31(22-15-18(22)4)26(34)23(17(3)10-2)30-27(35)36-28(6,7)8/h11,13-14,16-19,22-24,32H,9-10,12,15H2,1-8H3,(H,29,33)(H,30,35). The van der Waals surface area contributed by atoms with Gasteiger partial charge in [-0.3, -0.25) is 9.59 Å². The molecule has 3 N–H and O–H groups in total. The van der Waals surface area contributed by atoms with Gasteiger partial charge in [0.1, 0.15) is 23.4 Å². The molecule has 6 unspecified atom stereocenters. The van der Waals surface area contributed by atoms with Gasteiger partial charge in [-0.15, -0.1) is 0 Å². The third kappa shape index (κ3) is 8.14. The molecule has 1 aromatic rings. The average Bonchev–Trinajstić information content (AvgIpc) is 3.49. The first-order chi connectivity index (χ1) is 16.8. The average molecular weight is 504 g/mol. The van der Waals surface area contributed by atoms with Gasteiger partial charge in [-0.1, -0.05) is 52.7 Å². The Morgan fingerprint density at radius 3 is 2.31 bits per heavy atom. The third-order valence-corrected chi connectivity index (χ3v) is 6.65. The molecular weight excluding hydrogens is 458 g/mol. The molecule has 6 atom stereocenters. The maximum absolute atomic E-state index is 14.2. The van der Waals surface area contributed by atoms with E-state index >= 15 is 0 Å². The molecule has 8 nitrogen and oxygen atoms in total. The summed E-state index contributed by atoms with van der Waals surface area (Å²) in [5.74, 6) is -0.568. The van der Waals surface area contributed by atoms with Gasteiger partial charge in [-0.25, -0.2) is 4.79 Å². The van der Waals surface area contributed by atoms with E-state index in [1.165, 1.54) is 12.1 Å². The molecule has 2 rings (SSSR count). The highest BCUT2D eigenvalue weighted by atomic mass is 16.6. The Kier molecular flexibility index (Phi) is 10.2. The van der Waals surface area contributed by atoms with Crippen molar-refractivity contribution in [2.24, 2.45) is 11.8 Å². The van der Waals surface area contributed by atoms with E-state index in [0.717, 1.165) is 19.3 Å². The Morgan fingerprint density at radius 1 is 1.17 bits per heavy atom. The van der Waals surface area contributed by atoms with Crippen LogP contribution in [-0.4, -0.2) is 51.6 Å². The molecule has 0 heterocycles. The summed E-state index contributed by atoms with van der Waals surface area (Å²) < 4.78 is 5.44. The smallest absolute Gasteiger partial charge is 0.408 e. The number of amides is 3. The van der Waals surface area contributed by atoms with Gasteiger partial charge in [0, 0.05) is 12.1 Å². The van der Waals surface area contributed by atoms with E-state index in [-0.39, 0.29) is 41.5 Å². The van der Waals surface area contributed by atoms with Crippen LogP contribution in [0.5, 0.6) is 5.75 Å². The zero-order valence-electron chi connectivity index (χ0n) is 23.1. The fourth-order valence-corrected chi connectivity index (χ4v) is 4.41. The lowest BCUT2D eigenvalue weighted by atomic mass is 9.95. The molecule has 8 heteroatoms. The molecule has 1 aliphatic rings. The molecule has 0 saturated heterocycles. The number of rotatable bonds is 11. The summed E-state index contributed by atoms with van der Waals surface area (Å²) in [6.45, 7) is 15.2. The van der Waals surface area contributed by atoms with Gasteiger partial charge >= 0.3 is 6.09 Å². The number of nitrogens with one attached hydrogen (secondary N) is 2. The fraction of sp³-hybridized carbons (Fsp3) is 0.679. The molecule has 36 heavy (non-hydrogen) atoms. The van der Waals surface area contributed by atoms with Crippen LogP contribution in [0.25, 0.3) is 0 Å². The second kappa shape index (κ2) is 12.5. The van der Waals surface area contributed by atoms with Gasteiger partial charge in [-0.2, -0.15) is 0 Å². The van der Waals surface area contributed by atoms with Crippen LogP contribution in [0, 0.1) is 11.8 Å². The van der Waals surface area contributed by atoms with Crippen molar-refractivity contribution in [3.8, 4) is 5.75 Å². The van der Waals surface area contributed by atoms with Crippen molar-refractivity contribution in [2.75, 3.05) is 0 Å². The zero-order valence-corrected chi connectivity index (χ0v) is 23.1. The summed E-state index contributed by atoms with van der Waals surface area (Å²) in [6, 6.07) is 4.47. The van der Waals surface area contributed by atoms with Crippen LogP contribution in [0.15, 0.2) is 24.3 Å². The summed E-state index contributed by atoms with van der Waals surface area (Å²) in [5.41, 5.74) is -0.180. The minimum Gasteiger partial charge on any atom is -0.508 e. The molecular formula is C28H45N3O5. The monoisotopic (exact) mass is 503 g/mol. The second-order valence-electron chi connectivity index (χ2n) is 11.2. The van der Waals surface area contributed by atoms with E-state index in [0.29, 0.717) is 12.0 Å². The van der Waals surface area contributed by atoms with Crippen molar-refractivity contribution in [1.29, 1.82) is 0 Å². The van der Waals surface area contributed by atoms with Crippen molar-refractivity contribution >= 4 is 17.9 Å². The molecule has 0 aromatic heterocycles.